The van der Waals surface area contributed by atoms with Crippen LogP contribution in [0.3, 0.4) is 0 Å². The first-order chi connectivity index (χ1) is 11.2. The Hall–Kier alpha value is -1.14. The van der Waals surface area contributed by atoms with Crippen LogP contribution in [-0.2, 0) is 19.1 Å². The molecule has 1 saturated heterocycles. The van der Waals surface area contributed by atoms with Crippen LogP contribution < -0.4 is 5.32 Å². The van der Waals surface area contributed by atoms with Crippen molar-refractivity contribution in [2.45, 2.75) is 38.5 Å². The number of amides is 1. The third-order valence-corrected chi connectivity index (χ3v) is 4.88. The summed E-state index contributed by atoms with van der Waals surface area (Å²) in [4.78, 5) is 26.3. The highest BCUT2D eigenvalue weighted by Crippen LogP contribution is 2.29. The predicted octanol–water partition coefficient (Wildman–Crippen LogP) is 1.19. The number of unbranched alkanes of at least 4 members (excludes halogenated alkanes) is 1. The first-order valence-electron chi connectivity index (χ1n) is 8.86. The zero-order valence-electron chi connectivity index (χ0n) is 14.2. The molecule has 2 fully saturated rings. The summed E-state index contributed by atoms with van der Waals surface area (Å²) in [6.45, 7) is 5.50. The monoisotopic (exact) mass is 326 g/mol. The Morgan fingerprint density at radius 2 is 1.91 bits per heavy atom. The van der Waals surface area contributed by atoms with Gasteiger partial charge in [0.05, 0.1) is 26.2 Å². The van der Waals surface area contributed by atoms with Gasteiger partial charge in [-0.2, -0.15) is 0 Å². The molecule has 0 radical (unpaired) electrons. The van der Waals surface area contributed by atoms with Gasteiger partial charge in [-0.1, -0.05) is 6.42 Å². The van der Waals surface area contributed by atoms with Crippen molar-refractivity contribution in [2.75, 3.05) is 46.5 Å². The molecule has 6 nitrogen and oxygen atoms in total. The minimum absolute atomic E-state index is 0.0351. The summed E-state index contributed by atoms with van der Waals surface area (Å²) < 4.78 is 10.1. The number of esters is 1. The third kappa shape index (κ3) is 6.11. The van der Waals surface area contributed by atoms with E-state index in [9.17, 15) is 9.59 Å². The summed E-state index contributed by atoms with van der Waals surface area (Å²) in [5.74, 6) is -0.212. The quantitative estimate of drug-likeness (QED) is 0.562. The van der Waals surface area contributed by atoms with E-state index in [4.69, 9.17) is 9.47 Å². The molecule has 0 aromatic heterocycles. The molecule has 1 heterocycles. The highest BCUT2D eigenvalue weighted by atomic mass is 16.5. The number of hydrogen-bond donors (Lipinski definition) is 1. The second-order valence-electron chi connectivity index (χ2n) is 6.54. The molecule has 2 rings (SSSR count). The van der Waals surface area contributed by atoms with Crippen molar-refractivity contribution < 1.29 is 19.1 Å². The molecule has 132 valence electrons. The largest absolute Gasteiger partial charge is 0.469 e. The van der Waals surface area contributed by atoms with Crippen molar-refractivity contribution in [1.29, 1.82) is 0 Å². The summed E-state index contributed by atoms with van der Waals surface area (Å²) in [6.07, 6.45) is 5.37. The minimum Gasteiger partial charge on any atom is -0.469 e. The number of nitrogens with zero attached hydrogens (tertiary/aromatic N) is 1. The average Bonchev–Trinajstić information content (AvgIpc) is 2.61. The van der Waals surface area contributed by atoms with Crippen LogP contribution in [0.4, 0.5) is 0 Å². The Labute approximate surface area is 138 Å². The van der Waals surface area contributed by atoms with Gasteiger partial charge in [-0.05, 0) is 38.6 Å². The fourth-order valence-electron chi connectivity index (χ4n) is 3.45. The van der Waals surface area contributed by atoms with Gasteiger partial charge in [0, 0.05) is 25.6 Å². The summed E-state index contributed by atoms with van der Waals surface area (Å²) in [5.41, 5.74) is 0. The van der Waals surface area contributed by atoms with Gasteiger partial charge in [0.15, 0.2) is 0 Å². The summed E-state index contributed by atoms with van der Waals surface area (Å²) >= 11 is 0. The topological polar surface area (TPSA) is 67.9 Å². The van der Waals surface area contributed by atoms with Crippen molar-refractivity contribution in [3.05, 3.63) is 0 Å². The first-order valence-corrected chi connectivity index (χ1v) is 8.86. The number of rotatable bonds is 7. The number of nitrogens with one attached hydrogen (secondary N) is 1. The van der Waals surface area contributed by atoms with Gasteiger partial charge in [-0.15, -0.1) is 0 Å². The molecule has 0 aromatic rings. The molecule has 2 atom stereocenters. The Bertz CT molecular complexity index is 383. The van der Waals surface area contributed by atoms with Gasteiger partial charge in [-0.25, -0.2) is 0 Å². The van der Waals surface area contributed by atoms with Crippen molar-refractivity contribution in [2.24, 2.45) is 11.8 Å². The van der Waals surface area contributed by atoms with Crippen LogP contribution in [0.1, 0.15) is 38.5 Å². The molecule has 1 aliphatic heterocycles. The summed E-state index contributed by atoms with van der Waals surface area (Å²) in [6, 6.07) is 0. The Kier molecular flexibility index (Phi) is 7.82. The molecule has 0 aromatic carbocycles. The molecule has 1 amide bonds. The average molecular weight is 326 g/mol. The Morgan fingerprint density at radius 3 is 2.65 bits per heavy atom. The molecular formula is C17H30N2O4. The molecule has 1 saturated carbocycles. The van der Waals surface area contributed by atoms with E-state index < -0.39 is 0 Å². The molecule has 6 heteroatoms. The normalized spacial score (nSPS) is 25.8. The zero-order valence-corrected chi connectivity index (χ0v) is 14.2. The number of carbonyl (C=O) groups excluding carboxylic acids is 2. The molecule has 0 unspecified atom stereocenters. The third-order valence-electron chi connectivity index (χ3n) is 4.88. The molecule has 0 bridgehead atoms. The van der Waals surface area contributed by atoms with E-state index in [1.54, 1.807) is 0 Å². The van der Waals surface area contributed by atoms with E-state index in [1.165, 1.54) is 7.11 Å². The van der Waals surface area contributed by atoms with Crippen molar-refractivity contribution in [3.63, 3.8) is 0 Å². The maximum Gasteiger partial charge on any atom is 0.308 e. The lowest BCUT2D eigenvalue weighted by molar-refractivity contribution is -0.147. The maximum absolute atomic E-state index is 12.2. The molecule has 23 heavy (non-hydrogen) atoms. The lowest BCUT2D eigenvalue weighted by Crippen LogP contribution is -2.38. The second kappa shape index (κ2) is 9.88. The predicted molar refractivity (Wildman–Crippen MR) is 87.0 cm³/mol. The first kappa shape index (κ1) is 18.2. The smallest absolute Gasteiger partial charge is 0.308 e. The van der Waals surface area contributed by atoms with Crippen LogP contribution in [0.25, 0.3) is 0 Å². The van der Waals surface area contributed by atoms with E-state index in [2.05, 4.69) is 10.2 Å². The van der Waals surface area contributed by atoms with Gasteiger partial charge in [0.1, 0.15) is 0 Å². The van der Waals surface area contributed by atoms with Crippen molar-refractivity contribution in [3.8, 4) is 0 Å². The van der Waals surface area contributed by atoms with Crippen molar-refractivity contribution in [1.82, 2.24) is 10.2 Å². The highest BCUT2D eigenvalue weighted by Gasteiger charge is 2.31. The zero-order chi connectivity index (χ0) is 16.5. The lowest BCUT2D eigenvalue weighted by Gasteiger charge is -2.27. The van der Waals surface area contributed by atoms with E-state index in [1.807, 2.05) is 0 Å². The van der Waals surface area contributed by atoms with Crippen LogP contribution in [-0.4, -0.2) is 63.3 Å². The van der Waals surface area contributed by atoms with Crippen LogP contribution in [0.5, 0.6) is 0 Å². The number of morpholine rings is 1. The Morgan fingerprint density at radius 1 is 1.17 bits per heavy atom. The highest BCUT2D eigenvalue weighted by molar-refractivity contribution is 5.80. The number of hydrogen-bond acceptors (Lipinski definition) is 5. The lowest BCUT2D eigenvalue weighted by atomic mass is 9.81. The van der Waals surface area contributed by atoms with E-state index in [-0.39, 0.29) is 23.7 Å². The van der Waals surface area contributed by atoms with Gasteiger partial charge >= 0.3 is 5.97 Å². The van der Waals surface area contributed by atoms with E-state index in [0.717, 1.165) is 71.5 Å². The standard InChI is InChI=1S/C17H30N2O4/c1-22-17(21)15-6-4-5-14(13-15)16(20)18-7-2-3-8-19-9-11-23-12-10-19/h14-15H,2-13H2,1H3,(H,18,20)/t14-,15-/m0/s1. The van der Waals surface area contributed by atoms with E-state index in [0.29, 0.717) is 6.42 Å². The molecule has 0 spiro atoms. The van der Waals surface area contributed by atoms with Gasteiger partial charge in [0.25, 0.3) is 0 Å². The Balaban J connectivity index is 1.57. The van der Waals surface area contributed by atoms with Crippen LogP contribution >= 0.6 is 0 Å². The summed E-state index contributed by atoms with van der Waals surface area (Å²) in [7, 11) is 1.42. The number of ether oxygens (including phenoxy) is 2. The SMILES string of the molecule is COC(=O)[C@H]1CCC[C@H](C(=O)NCCCCN2CCOCC2)C1. The number of carbonyl (C=O) groups is 2. The molecule has 2 aliphatic rings. The van der Waals surface area contributed by atoms with Crippen LogP contribution in [0.2, 0.25) is 0 Å². The summed E-state index contributed by atoms with van der Waals surface area (Å²) in [5, 5.41) is 3.03. The van der Waals surface area contributed by atoms with Crippen molar-refractivity contribution >= 4 is 11.9 Å². The minimum atomic E-state index is -0.173. The van der Waals surface area contributed by atoms with Crippen LogP contribution in [0.15, 0.2) is 0 Å². The fourth-order valence-corrected chi connectivity index (χ4v) is 3.45. The van der Waals surface area contributed by atoms with E-state index >= 15 is 0 Å². The molecule has 1 aliphatic carbocycles. The molecule has 1 N–H and O–H groups in total. The van der Waals surface area contributed by atoms with Crippen LogP contribution in [0, 0.1) is 11.8 Å². The number of methoxy groups -OCH3 is 1. The second-order valence-corrected chi connectivity index (χ2v) is 6.54. The fraction of sp³-hybridized carbons (Fsp3) is 0.882. The van der Waals surface area contributed by atoms with Gasteiger partial charge in [-0.3, -0.25) is 14.5 Å². The maximum atomic E-state index is 12.2. The van der Waals surface area contributed by atoms with Gasteiger partial charge in [0.2, 0.25) is 5.91 Å². The molecular weight excluding hydrogens is 296 g/mol. The van der Waals surface area contributed by atoms with Gasteiger partial charge < -0.3 is 14.8 Å².